The van der Waals surface area contributed by atoms with Gasteiger partial charge in [-0.2, -0.15) is 0 Å². The molecule has 1 unspecified atom stereocenters. The molecule has 4 fully saturated rings. The second-order valence-corrected chi connectivity index (χ2v) is 13.1. The van der Waals surface area contributed by atoms with Gasteiger partial charge in [0.25, 0.3) is 11.8 Å². The van der Waals surface area contributed by atoms with Gasteiger partial charge in [-0.05, 0) is 101 Å². The molecule has 210 valence electrons. The first-order valence-electron chi connectivity index (χ1n) is 15.5. The zero-order valence-corrected chi connectivity index (χ0v) is 24.2. The number of carbonyl (C=O) groups excluding carboxylic acids is 2. The first-order valence-corrected chi connectivity index (χ1v) is 15.5. The first-order chi connectivity index (χ1) is 18.4. The van der Waals surface area contributed by atoms with Crippen LogP contribution in [0.3, 0.4) is 0 Å². The summed E-state index contributed by atoms with van der Waals surface area (Å²) in [4.78, 5) is 36.0. The van der Waals surface area contributed by atoms with E-state index in [-0.39, 0.29) is 11.8 Å². The van der Waals surface area contributed by atoms with Crippen molar-refractivity contribution in [2.75, 3.05) is 52.4 Å². The van der Waals surface area contributed by atoms with Gasteiger partial charge in [0.2, 0.25) is 0 Å². The lowest BCUT2D eigenvalue weighted by atomic mass is 9.75. The molecule has 0 saturated carbocycles. The van der Waals surface area contributed by atoms with Crippen molar-refractivity contribution in [2.45, 2.75) is 90.6 Å². The minimum atomic E-state index is 0.0767. The number of hydrogen-bond acceptors (Lipinski definition) is 4. The Hall–Kier alpha value is -1.92. The monoisotopic (exact) mass is 522 g/mol. The Labute approximate surface area is 230 Å². The number of benzene rings is 1. The Bertz CT molecular complexity index is 956. The third-order valence-electron chi connectivity index (χ3n) is 10.3. The molecule has 4 aliphatic heterocycles. The Balaban J connectivity index is 1.12. The molecule has 1 aromatic carbocycles. The van der Waals surface area contributed by atoms with Gasteiger partial charge in [-0.25, -0.2) is 0 Å². The van der Waals surface area contributed by atoms with Crippen LogP contribution in [-0.4, -0.2) is 95.9 Å². The van der Waals surface area contributed by atoms with Crippen LogP contribution in [0.5, 0.6) is 0 Å². The van der Waals surface area contributed by atoms with Crippen LogP contribution < -0.4 is 0 Å². The van der Waals surface area contributed by atoms with Crippen LogP contribution in [-0.2, 0) is 0 Å². The van der Waals surface area contributed by atoms with Crippen LogP contribution in [0, 0.1) is 11.3 Å². The largest absolute Gasteiger partial charge is 0.339 e. The fraction of sp³-hybridized carbons (Fsp3) is 0.750. The average Bonchev–Trinajstić information content (AvgIpc) is 3.66. The topological polar surface area (TPSA) is 47.1 Å². The van der Waals surface area contributed by atoms with E-state index >= 15 is 0 Å². The highest BCUT2D eigenvalue weighted by Crippen LogP contribution is 2.39. The third kappa shape index (κ3) is 6.12. The summed E-state index contributed by atoms with van der Waals surface area (Å²) >= 11 is 0. The van der Waals surface area contributed by atoms with Crippen molar-refractivity contribution in [1.82, 2.24) is 19.6 Å². The molecule has 6 heteroatoms. The summed E-state index contributed by atoms with van der Waals surface area (Å²) in [7, 11) is 0. The lowest BCUT2D eigenvalue weighted by Crippen LogP contribution is -2.46. The normalized spacial score (nSPS) is 24.9. The van der Waals surface area contributed by atoms with Crippen LogP contribution in [0.1, 0.15) is 99.3 Å². The van der Waals surface area contributed by atoms with Crippen molar-refractivity contribution in [3.63, 3.8) is 0 Å². The molecule has 0 aromatic heterocycles. The predicted octanol–water partition coefficient (Wildman–Crippen LogP) is 5.14. The van der Waals surface area contributed by atoms with E-state index in [1.165, 1.54) is 58.3 Å². The number of hydrogen-bond donors (Lipinski definition) is 0. The molecule has 4 saturated heterocycles. The minimum Gasteiger partial charge on any atom is -0.339 e. The molecular formula is C32H50N4O2. The van der Waals surface area contributed by atoms with Crippen molar-refractivity contribution in [1.29, 1.82) is 0 Å². The van der Waals surface area contributed by atoms with E-state index in [0.29, 0.717) is 28.6 Å². The Kier molecular flexibility index (Phi) is 8.79. The molecule has 6 nitrogen and oxygen atoms in total. The highest BCUT2D eigenvalue weighted by atomic mass is 16.2. The minimum absolute atomic E-state index is 0.0767. The quantitative estimate of drug-likeness (QED) is 0.498. The highest BCUT2D eigenvalue weighted by molar-refractivity contribution is 5.99. The maximum absolute atomic E-state index is 13.4. The van der Waals surface area contributed by atoms with Crippen molar-refractivity contribution in [3.05, 3.63) is 35.4 Å². The number of rotatable bonds is 7. The lowest BCUT2D eigenvalue weighted by Gasteiger charge is -2.38. The molecule has 0 spiro atoms. The van der Waals surface area contributed by atoms with Crippen LogP contribution in [0.25, 0.3) is 0 Å². The zero-order valence-electron chi connectivity index (χ0n) is 24.2. The van der Waals surface area contributed by atoms with Crippen LogP contribution in [0.15, 0.2) is 24.3 Å². The van der Waals surface area contributed by atoms with Gasteiger partial charge in [-0.3, -0.25) is 14.5 Å². The second-order valence-electron chi connectivity index (χ2n) is 13.1. The van der Waals surface area contributed by atoms with Gasteiger partial charge in [-0.15, -0.1) is 0 Å². The van der Waals surface area contributed by atoms with Gasteiger partial charge in [0, 0.05) is 55.9 Å². The van der Waals surface area contributed by atoms with Gasteiger partial charge in [-0.1, -0.05) is 33.3 Å². The molecule has 0 radical (unpaired) electrons. The molecule has 38 heavy (non-hydrogen) atoms. The summed E-state index contributed by atoms with van der Waals surface area (Å²) in [5, 5.41) is 0. The predicted molar refractivity (Wildman–Crippen MR) is 153 cm³/mol. The fourth-order valence-electron chi connectivity index (χ4n) is 7.73. The molecule has 0 aliphatic carbocycles. The van der Waals surface area contributed by atoms with Gasteiger partial charge in [0.15, 0.2) is 0 Å². The summed E-state index contributed by atoms with van der Waals surface area (Å²) in [5.74, 6) is 0.940. The molecular weight excluding hydrogens is 472 g/mol. The summed E-state index contributed by atoms with van der Waals surface area (Å²) in [6.07, 6.45) is 10.7. The molecule has 4 aliphatic rings. The van der Waals surface area contributed by atoms with Crippen LogP contribution in [0.4, 0.5) is 0 Å². The third-order valence-corrected chi connectivity index (χ3v) is 10.3. The van der Waals surface area contributed by atoms with E-state index in [1.54, 1.807) is 0 Å². The van der Waals surface area contributed by atoms with Crippen LogP contribution in [0.2, 0.25) is 0 Å². The number of piperidine rings is 2. The van der Waals surface area contributed by atoms with E-state index in [2.05, 4.69) is 30.6 Å². The fourth-order valence-corrected chi connectivity index (χ4v) is 7.73. The SMILES string of the molecule is CCCC(C)(C)C1CCN(C2CCN(C(=O)c3cccc(C(=O)N4CCC(N5CCCC5)CC4)c3)CC2)C1. The summed E-state index contributed by atoms with van der Waals surface area (Å²) in [6, 6.07) is 8.70. The van der Waals surface area contributed by atoms with Gasteiger partial charge in [0.05, 0.1) is 0 Å². The smallest absolute Gasteiger partial charge is 0.253 e. The molecule has 4 heterocycles. The molecule has 0 bridgehead atoms. The standard InChI is InChI=1S/C32H50N4O2/c1-4-15-32(2,3)27-10-18-36(24-27)29-13-21-35(22-14-29)31(38)26-9-7-8-25(23-26)30(37)34-19-11-28(12-20-34)33-16-5-6-17-33/h7-9,23,27-29H,4-6,10-22,24H2,1-3H3. The van der Waals surface area contributed by atoms with Crippen molar-refractivity contribution in [2.24, 2.45) is 11.3 Å². The highest BCUT2D eigenvalue weighted by Gasteiger charge is 2.38. The summed E-state index contributed by atoms with van der Waals surface area (Å²) in [5.41, 5.74) is 1.74. The summed E-state index contributed by atoms with van der Waals surface area (Å²) in [6.45, 7) is 15.3. The van der Waals surface area contributed by atoms with E-state index in [4.69, 9.17) is 0 Å². The van der Waals surface area contributed by atoms with E-state index in [9.17, 15) is 9.59 Å². The molecule has 0 N–H and O–H groups in total. The first kappa shape index (κ1) is 27.6. The number of carbonyl (C=O) groups is 2. The van der Waals surface area contributed by atoms with E-state index in [1.807, 2.05) is 34.1 Å². The number of likely N-dealkylation sites (tertiary alicyclic amines) is 4. The van der Waals surface area contributed by atoms with Crippen molar-refractivity contribution in [3.8, 4) is 0 Å². The molecule has 1 atom stereocenters. The Morgan fingerprint density at radius 3 is 1.82 bits per heavy atom. The molecule has 2 amide bonds. The van der Waals surface area contributed by atoms with Gasteiger partial charge in [0.1, 0.15) is 0 Å². The van der Waals surface area contributed by atoms with Crippen LogP contribution >= 0.6 is 0 Å². The number of amides is 2. The molecule has 1 aromatic rings. The van der Waals surface area contributed by atoms with Gasteiger partial charge < -0.3 is 14.7 Å². The zero-order chi connectivity index (χ0) is 26.7. The number of nitrogens with zero attached hydrogens (tertiary/aromatic N) is 4. The Morgan fingerprint density at radius 1 is 0.763 bits per heavy atom. The second kappa shape index (κ2) is 12.1. The Morgan fingerprint density at radius 2 is 1.29 bits per heavy atom. The van der Waals surface area contributed by atoms with E-state index < -0.39 is 0 Å². The van der Waals surface area contributed by atoms with E-state index in [0.717, 1.165) is 57.8 Å². The van der Waals surface area contributed by atoms with Crippen molar-refractivity contribution >= 4 is 11.8 Å². The lowest BCUT2D eigenvalue weighted by molar-refractivity contribution is 0.0631. The molecule has 5 rings (SSSR count). The summed E-state index contributed by atoms with van der Waals surface area (Å²) < 4.78 is 0. The van der Waals surface area contributed by atoms with Gasteiger partial charge >= 0.3 is 0 Å². The average molecular weight is 523 g/mol. The van der Waals surface area contributed by atoms with Crippen molar-refractivity contribution < 1.29 is 9.59 Å². The maximum atomic E-state index is 13.4. The maximum Gasteiger partial charge on any atom is 0.253 e.